The summed E-state index contributed by atoms with van der Waals surface area (Å²) in [6.07, 6.45) is -0.378. The molecule has 0 amide bonds. The molecular weight excluding hydrogens is 244 g/mol. The summed E-state index contributed by atoms with van der Waals surface area (Å²) in [6, 6.07) is 7.77. The molecule has 0 bridgehead atoms. The van der Waals surface area contributed by atoms with Crippen LogP contribution in [0.2, 0.25) is 5.02 Å². The molecule has 2 nitrogen and oxygen atoms in total. The lowest BCUT2D eigenvalue weighted by atomic mass is 10.2. The molecule has 0 spiro atoms. The van der Waals surface area contributed by atoms with Gasteiger partial charge in [0, 0.05) is 23.1 Å². The summed E-state index contributed by atoms with van der Waals surface area (Å²) in [7, 11) is 0. The van der Waals surface area contributed by atoms with Crippen LogP contribution in [0, 0.1) is 0 Å². The number of ether oxygens (including phenoxy) is 1. The lowest BCUT2D eigenvalue weighted by Gasteiger charge is -2.09. The molecule has 1 aromatic carbocycles. The fraction of sp³-hybridized carbons (Fsp3) is 0.500. The van der Waals surface area contributed by atoms with E-state index in [4.69, 9.17) is 16.3 Å². The molecule has 0 unspecified atom stereocenters. The molecule has 1 atom stereocenters. The Hall–Kier alpha value is -0.220. The summed E-state index contributed by atoms with van der Waals surface area (Å²) in [6.45, 7) is 3.00. The molecule has 0 saturated heterocycles. The molecule has 90 valence electrons. The normalized spacial score (nSPS) is 12.7. The van der Waals surface area contributed by atoms with E-state index in [0.717, 1.165) is 10.8 Å². The molecule has 0 aromatic heterocycles. The van der Waals surface area contributed by atoms with Crippen molar-refractivity contribution in [3.8, 4) is 0 Å². The summed E-state index contributed by atoms with van der Waals surface area (Å²) in [5, 5.41) is 10.3. The Morgan fingerprint density at radius 3 is 2.69 bits per heavy atom. The van der Waals surface area contributed by atoms with Crippen molar-refractivity contribution in [3.63, 3.8) is 0 Å². The lowest BCUT2D eigenvalue weighted by Crippen LogP contribution is -2.17. The van der Waals surface area contributed by atoms with Crippen LogP contribution in [0.1, 0.15) is 12.5 Å². The molecule has 0 aliphatic carbocycles. The van der Waals surface area contributed by atoms with Gasteiger partial charge in [0.05, 0.1) is 12.7 Å². The fourth-order valence-corrected chi connectivity index (χ4v) is 2.24. The molecule has 1 N–H and O–H groups in total. The number of hydrogen-bond acceptors (Lipinski definition) is 3. The van der Waals surface area contributed by atoms with Crippen LogP contribution in [0.25, 0.3) is 0 Å². The number of aliphatic hydroxyl groups is 1. The molecular formula is C12H17ClO2S. The van der Waals surface area contributed by atoms with Gasteiger partial charge in [0.1, 0.15) is 0 Å². The van der Waals surface area contributed by atoms with Crippen LogP contribution in [0.3, 0.4) is 0 Å². The third-order valence-electron chi connectivity index (χ3n) is 2.01. The van der Waals surface area contributed by atoms with Crippen molar-refractivity contribution in [2.45, 2.75) is 18.8 Å². The Balaban J connectivity index is 2.17. The molecule has 1 rings (SSSR count). The highest BCUT2D eigenvalue weighted by Crippen LogP contribution is 2.16. The quantitative estimate of drug-likeness (QED) is 0.817. The molecule has 16 heavy (non-hydrogen) atoms. The van der Waals surface area contributed by atoms with E-state index < -0.39 is 0 Å². The Morgan fingerprint density at radius 1 is 1.38 bits per heavy atom. The van der Waals surface area contributed by atoms with E-state index >= 15 is 0 Å². The molecule has 0 fully saturated rings. The van der Waals surface area contributed by atoms with Gasteiger partial charge in [-0.05, 0) is 24.6 Å². The highest BCUT2D eigenvalue weighted by Gasteiger charge is 2.03. The van der Waals surface area contributed by atoms with Crippen LogP contribution in [0.5, 0.6) is 0 Å². The average Bonchev–Trinajstić information content (AvgIpc) is 2.29. The van der Waals surface area contributed by atoms with E-state index in [1.54, 1.807) is 11.8 Å². The summed E-state index contributed by atoms with van der Waals surface area (Å²) in [5.74, 6) is 1.59. The van der Waals surface area contributed by atoms with Crippen molar-refractivity contribution in [3.05, 3.63) is 34.9 Å². The third kappa shape index (κ3) is 5.75. The number of aliphatic hydroxyl groups excluding tert-OH is 1. The first-order valence-corrected chi connectivity index (χ1v) is 6.83. The fourth-order valence-electron chi connectivity index (χ4n) is 1.20. The van der Waals surface area contributed by atoms with Crippen LogP contribution >= 0.6 is 23.4 Å². The standard InChI is InChI=1S/C12H17ClO2S/c1-2-15-7-12(14)9-16-8-10-3-5-11(13)6-4-10/h3-6,12,14H,2,7-9H2,1H3/t12-/m1/s1. The van der Waals surface area contributed by atoms with Gasteiger partial charge in [-0.2, -0.15) is 11.8 Å². The van der Waals surface area contributed by atoms with Gasteiger partial charge >= 0.3 is 0 Å². The van der Waals surface area contributed by atoms with Gasteiger partial charge in [0.2, 0.25) is 0 Å². The predicted molar refractivity (Wildman–Crippen MR) is 70.1 cm³/mol. The van der Waals surface area contributed by atoms with Crippen molar-refractivity contribution < 1.29 is 9.84 Å². The number of rotatable bonds is 7. The van der Waals surface area contributed by atoms with Crippen molar-refractivity contribution in [1.29, 1.82) is 0 Å². The van der Waals surface area contributed by atoms with Gasteiger partial charge in [0.15, 0.2) is 0 Å². The number of benzene rings is 1. The van der Waals surface area contributed by atoms with E-state index in [0.29, 0.717) is 19.0 Å². The minimum absolute atomic E-state index is 0.378. The van der Waals surface area contributed by atoms with Crippen LogP contribution in [-0.2, 0) is 10.5 Å². The van der Waals surface area contributed by atoms with Crippen molar-refractivity contribution in [1.82, 2.24) is 0 Å². The number of thioether (sulfide) groups is 1. The van der Waals surface area contributed by atoms with E-state index in [-0.39, 0.29) is 6.10 Å². The molecule has 0 aliphatic heterocycles. The SMILES string of the molecule is CCOC[C@@H](O)CSCc1ccc(Cl)cc1. The van der Waals surface area contributed by atoms with Gasteiger partial charge in [-0.1, -0.05) is 23.7 Å². The summed E-state index contributed by atoms with van der Waals surface area (Å²) >= 11 is 7.49. The number of hydrogen-bond donors (Lipinski definition) is 1. The molecule has 1 aromatic rings. The van der Waals surface area contributed by atoms with E-state index in [1.165, 1.54) is 5.56 Å². The highest BCUT2D eigenvalue weighted by molar-refractivity contribution is 7.98. The Morgan fingerprint density at radius 2 is 2.06 bits per heavy atom. The van der Waals surface area contributed by atoms with E-state index in [2.05, 4.69) is 0 Å². The van der Waals surface area contributed by atoms with Crippen LogP contribution in [0.15, 0.2) is 24.3 Å². The number of halogens is 1. The van der Waals surface area contributed by atoms with Gasteiger partial charge in [-0.25, -0.2) is 0 Å². The molecule has 0 heterocycles. The average molecular weight is 261 g/mol. The van der Waals surface area contributed by atoms with Crippen molar-refractivity contribution in [2.75, 3.05) is 19.0 Å². The first kappa shape index (κ1) is 13.8. The topological polar surface area (TPSA) is 29.5 Å². The molecule has 0 radical (unpaired) electrons. The summed E-state index contributed by atoms with van der Waals surface area (Å²) in [5.41, 5.74) is 1.22. The second kappa shape index (κ2) is 7.96. The Kier molecular flexibility index (Phi) is 6.88. The third-order valence-corrected chi connectivity index (χ3v) is 3.42. The summed E-state index contributed by atoms with van der Waals surface area (Å²) in [4.78, 5) is 0. The maximum atomic E-state index is 9.54. The van der Waals surface area contributed by atoms with Crippen molar-refractivity contribution in [2.24, 2.45) is 0 Å². The highest BCUT2D eigenvalue weighted by atomic mass is 35.5. The lowest BCUT2D eigenvalue weighted by molar-refractivity contribution is 0.0551. The van der Waals surface area contributed by atoms with Gasteiger partial charge in [-0.15, -0.1) is 0 Å². The first-order chi connectivity index (χ1) is 7.72. The monoisotopic (exact) mass is 260 g/mol. The minimum Gasteiger partial charge on any atom is -0.390 e. The Bertz CT molecular complexity index is 290. The predicted octanol–water partition coefficient (Wildman–Crippen LogP) is 2.97. The zero-order valence-electron chi connectivity index (χ0n) is 9.36. The zero-order chi connectivity index (χ0) is 11.8. The molecule has 0 aliphatic rings. The first-order valence-electron chi connectivity index (χ1n) is 5.30. The maximum absolute atomic E-state index is 9.54. The Labute approximate surface area is 106 Å². The molecule has 4 heteroatoms. The molecule has 0 saturated carbocycles. The maximum Gasteiger partial charge on any atom is 0.0863 e. The van der Waals surface area contributed by atoms with Crippen LogP contribution < -0.4 is 0 Å². The van der Waals surface area contributed by atoms with E-state index in [1.807, 2.05) is 31.2 Å². The van der Waals surface area contributed by atoms with Gasteiger partial charge < -0.3 is 9.84 Å². The largest absolute Gasteiger partial charge is 0.390 e. The second-order valence-corrected chi connectivity index (χ2v) is 4.92. The van der Waals surface area contributed by atoms with E-state index in [9.17, 15) is 5.11 Å². The minimum atomic E-state index is -0.378. The smallest absolute Gasteiger partial charge is 0.0863 e. The zero-order valence-corrected chi connectivity index (χ0v) is 10.9. The van der Waals surface area contributed by atoms with Gasteiger partial charge in [-0.3, -0.25) is 0 Å². The van der Waals surface area contributed by atoms with Crippen molar-refractivity contribution >= 4 is 23.4 Å². The second-order valence-electron chi connectivity index (χ2n) is 3.45. The van der Waals surface area contributed by atoms with Crippen LogP contribution in [0.4, 0.5) is 0 Å². The van der Waals surface area contributed by atoms with Crippen LogP contribution in [-0.4, -0.2) is 30.2 Å². The van der Waals surface area contributed by atoms with Gasteiger partial charge in [0.25, 0.3) is 0 Å². The summed E-state index contributed by atoms with van der Waals surface area (Å²) < 4.78 is 5.13.